The molecule has 38 heavy (non-hydrogen) atoms. The summed E-state index contributed by atoms with van der Waals surface area (Å²) in [5, 5.41) is 23.0. The maximum atomic E-state index is 13.3. The lowest BCUT2D eigenvalue weighted by Gasteiger charge is -2.48. The number of nitrogens with one attached hydrogen (secondary N) is 1. The molecule has 4 rings (SSSR count). The number of aliphatic hydroxyl groups excluding tert-OH is 1. The van der Waals surface area contributed by atoms with Crippen LogP contribution in [-0.2, 0) is 4.79 Å². The number of aromatic hydroxyl groups is 1. The fourth-order valence-electron chi connectivity index (χ4n) is 4.49. The Labute approximate surface area is 221 Å². The van der Waals surface area contributed by atoms with Crippen LogP contribution in [0.2, 0.25) is 0 Å². The summed E-state index contributed by atoms with van der Waals surface area (Å²) >= 11 is 0. The summed E-state index contributed by atoms with van der Waals surface area (Å²) in [7, 11) is 3.31. The van der Waals surface area contributed by atoms with Crippen molar-refractivity contribution in [1.29, 1.82) is 0 Å². The Kier molecular flexibility index (Phi) is 8.29. The van der Waals surface area contributed by atoms with E-state index >= 15 is 0 Å². The van der Waals surface area contributed by atoms with Gasteiger partial charge in [-0.2, -0.15) is 0 Å². The molecule has 8 heteroatoms. The second-order valence-corrected chi connectivity index (χ2v) is 9.40. The standard InChI is InChI=1S/C30H30FN3O4/c1-33(2)30(38)32-19-3-4-20-5-13-24(14-6-20)34-28(22-9-15-25(35)16-10-22)26(29(34)37)17-18-27(36)21-7-11-23(31)12-8-21/h5-16,26-28,35-36H,17-19H2,1-2H3,(H,32,38)/t26-,27+,28?/m1/s1. The zero-order valence-electron chi connectivity index (χ0n) is 21.3. The van der Waals surface area contributed by atoms with Gasteiger partial charge in [-0.05, 0) is 72.5 Å². The molecule has 0 aromatic heterocycles. The van der Waals surface area contributed by atoms with E-state index in [4.69, 9.17) is 0 Å². The first-order valence-electron chi connectivity index (χ1n) is 12.3. The summed E-state index contributed by atoms with van der Waals surface area (Å²) in [4.78, 5) is 28.0. The Morgan fingerprint density at radius 2 is 1.71 bits per heavy atom. The minimum absolute atomic E-state index is 0.0559. The number of amides is 3. The number of nitrogens with zero attached hydrogens (tertiary/aromatic N) is 2. The second-order valence-electron chi connectivity index (χ2n) is 9.40. The number of urea groups is 1. The van der Waals surface area contributed by atoms with Crippen LogP contribution in [0.4, 0.5) is 14.9 Å². The molecule has 3 aromatic rings. The Hall–Kier alpha value is -4.35. The number of phenols is 1. The SMILES string of the molecule is CN(C)C(=O)NCC#Cc1ccc(N2C(=O)[C@H](CC[C@H](O)c3ccc(F)cc3)C2c2ccc(O)cc2)cc1. The lowest BCUT2D eigenvalue weighted by molar-refractivity contribution is -0.131. The molecule has 1 aliphatic heterocycles. The van der Waals surface area contributed by atoms with Gasteiger partial charge in [0.25, 0.3) is 0 Å². The Bertz CT molecular complexity index is 1330. The van der Waals surface area contributed by atoms with E-state index in [-0.39, 0.29) is 42.0 Å². The predicted molar refractivity (Wildman–Crippen MR) is 143 cm³/mol. The van der Waals surface area contributed by atoms with Crippen LogP contribution < -0.4 is 10.2 Å². The zero-order chi connectivity index (χ0) is 27.2. The monoisotopic (exact) mass is 515 g/mol. The van der Waals surface area contributed by atoms with Crippen LogP contribution >= 0.6 is 0 Å². The third-order valence-corrected chi connectivity index (χ3v) is 6.57. The molecule has 7 nitrogen and oxygen atoms in total. The van der Waals surface area contributed by atoms with E-state index in [1.165, 1.54) is 17.0 Å². The largest absolute Gasteiger partial charge is 0.508 e. The number of phenolic OH excluding ortho intramolecular Hbond substituents is 1. The van der Waals surface area contributed by atoms with Crippen molar-refractivity contribution < 1.29 is 24.2 Å². The zero-order valence-corrected chi connectivity index (χ0v) is 21.3. The number of benzene rings is 3. The van der Waals surface area contributed by atoms with Crippen LogP contribution in [0, 0.1) is 23.6 Å². The first-order chi connectivity index (χ1) is 18.2. The van der Waals surface area contributed by atoms with Gasteiger partial charge in [0.1, 0.15) is 11.6 Å². The van der Waals surface area contributed by atoms with E-state index in [1.807, 2.05) is 24.3 Å². The Morgan fingerprint density at radius 3 is 2.34 bits per heavy atom. The highest BCUT2D eigenvalue weighted by atomic mass is 19.1. The molecule has 0 bridgehead atoms. The van der Waals surface area contributed by atoms with Gasteiger partial charge in [-0.25, -0.2) is 9.18 Å². The maximum absolute atomic E-state index is 13.3. The summed E-state index contributed by atoms with van der Waals surface area (Å²) in [6.45, 7) is 0.220. The van der Waals surface area contributed by atoms with E-state index in [1.54, 1.807) is 55.4 Å². The highest BCUT2D eigenvalue weighted by Crippen LogP contribution is 2.46. The van der Waals surface area contributed by atoms with E-state index < -0.39 is 6.10 Å². The average molecular weight is 516 g/mol. The van der Waals surface area contributed by atoms with Gasteiger partial charge >= 0.3 is 6.03 Å². The van der Waals surface area contributed by atoms with E-state index in [0.717, 1.165) is 16.8 Å². The number of anilines is 1. The van der Waals surface area contributed by atoms with Crippen molar-refractivity contribution in [2.45, 2.75) is 25.0 Å². The first kappa shape index (κ1) is 26.7. The number of carbonyl (C=O) groups excluding carboxylic acids is 2. The lowest BCUT2D eigenvalue weighted by atomic mass is 9.78. The van der Waals surface area contributed by atoms with Crippen molar-refractivity contribution >= 4 is 17.6 Å². The van der Waals surface area contributed by atoms with Gasteiger partial charge in [0.2, 0.25) is 5.91 Å². The molecule has 1 heterocycles. The molecule has 3 atom stereocenters. The highest BCUT2D eigenvalue weighted by Gasteiger charge is 2.48. The van der Waals surface area contributed by atoms with Crippen molar-refractivity contribution in [3.63, 3.8) is 0 Å². The molecule has 1 unspecified atom stereocenters. The Balaban J connectivity index is 1.47. The maximum Gasteiger partial charge on any atom is 0.317 e. The summed E-state index contributed by atoms with van der Waals surface area (Å²) in [6.07, 6.45) is -0.0105. The molecule has 0 radical (unpaired) electrons. The molecule has 1 saturated heterocycles. The van der Waals surface area contributed by atoms with E-state index in [0.29, 0.717) is 18.4 Å². The predicted octanol–water partition coefficient (Wildman–Crippen LogP) is 4.37. The van der Waals surface area contributed by atoms with Gasteiger partial charge < -0.3 is 25.3 Å². The van der Waals surface area contributed by atoms with Gasteiger partial charge in [-0.3, -0.25) is 4.79 Å². The fraction of sp³-hybridized carbons (Fsp3) is 0.267. The fourth-order valence-corrected chi connectivity index (χ4v) is 4.49. The quantitative estimate of drug-likeness (QED) is 0.322. The minimum atomic E-state index is -0.807. The van der Waals surface area contributed by atoms with Crippen LogP contribution in [0.1, 0.15) is 41.7 Å². The third kappa shape index (κ3) is 6.13. The van der Waals surface area contributed by atoms with Gasteiger partial charge in [0.15, 0.2) is 0 Å². The van der Waals surface area contributed by atoms with Crippen LogP contribution in [0.25, 0.3) is 0 Å². The molecule has 3 N–H and O–H groups in total. The highest BCUT2D eigenvalue weighted by molar-refractivity contribution is 6.03. The lowest BCUT2D eigenvalue weighted by Crippen LogP contribution is -2.55. The molecule has 0 spiro atoms. The van der Waals surface area contributed by atoms with Crippen molar-refractivity contribution in [1.82, 2.24) is 10.2 Å². The Morgan fingerprint density at radius 1 is 1.05 bits per heavy atom. The normalized spacial score (nSPS) is 17.2. The van der Waals surface area contributed by atoms with Crippen LogP contribution in [0.5, 0.6) is 5.75 Å². The summed E-state index contributed by atoms with van der Waals surface area (Å²) in [5.41, 5.74) is 2.95. The topological polar surface area (TPSA) is 93.1 Å². The van der Waals surface area contributed by atoms with Gasteiger partial charge in [-0.1, -0.05) is 36.1 Å². The summed E-state index contributed by atoms with van der Waals surface area (Å²) < 4.78 is 13.2. The van der Waals surface area contributed by atoms with E-state index in [9.17, 15) is 24.2 Å². The molecule has 1 aliphatic rings. The van der Waals surface area contributed by atoms with Gasteiger partial charge in [0, 0.05) is 25.3 Å². The molecule has 0 saturated carbocycles. The van der Waals surface area contributed by atoms with Crippen molar-refractivity contribution in [3.05, 3.63) is 95.3 Å². The van der Waals surface area contributed by atoms with Crippen molar-refractivity contribution in [2.75, 3.05) is 25.5 Å². The molecule has 0 aliphatic carbocycles. The van der Waals surface area contributed by atoms with Crippen LogP contribution in [0.15, 0.2) is 72.8 Å². The molecule has 3 amide bonds. The van der Waals surface area contributed by atoms with Gasteiger partial charge in [0.05, 0.1) is 24.6 Å². The number of rotatable bonds is 7. The molecule has 1 fully saturated rings. The minimum Gasteiger partial charge on any atom is -0.508 e. The van der Waals surface area contributed by atoms with Gasteiger partial charge in [-0.15, -0.1) is 0 Å². The third-order valence-electron chi connectivity index (χ3n) is 6.57. The smallest absolute Gasteiger partial charge is 0.317 e. The number of halogens is 1. The number of aliphatic hydroxyl groups is 1. The first-order valence-corrected chi connectivity index (χ1v) is 12.3. The van der Waals surface area contributed by atoms with Crippen LogP contribution in [-0.4, -0.2) is 47.7 Å². The van der Waals surface area contributed by atoms with Crippen molar-refractivity contribution in [2.24, 2.45) is 5.92 Å². The van der Waals surface area contributed by atoms with Crippen molar-refractivity contribution in [3.8, 4) is 17.6 Å². The second kappa shape index (κ2) is 11.8. The molecular formula is C30H30FN3O4. The molecule has 196 valence electrons. The summed E-state index contributed by atoms with van der Waals surface area (Å²) in [6, 6.07) is 19.3. The number of hydrogen-bond donors (Lipinski definition) is 3. The summed E-state index contributed by atoms with van der Waals surface area (Å²) in [5.74, 6) is 5.26. The van der Waals surface area contributed by atoms with Crippen LogP contribution in [0.3, 0.4) is 0 Å². The number of β-lactam (4-membered cyclic amide) rings is 1. The molecular weight excluding hydrogens is 485 g/mol. The average Bonchev–Trinajstić information content (AvgIpc) is 2.91. The van der Waals surface area contributed by atoms with E-state index in [2.05, 4.69) is 17.2 Å². The number of carbonyl (C=O) groups is 2. The molecule has 3 aromatic carbocycles. The number of hydrogen-bond acceptors (Lipinski definition) is 4.